The molecule has 0 bridgehead atoms. The van der Waals surface area contributed by atoms with Gasteiger partial charge in [-0.1, -0.05) is 13.8 Å². The van der Waals surface area contributed by atoms with Gasteiger partial charge >= 0.3 is 5.97 Å². The second-order valence-electron chi connectivity index (χ2n) is 5.20. The van der Waals surface area contributed by atoms with E-state index in [0.717, 1.165) is 6.54 Å². The fraction of sp³-hybridized carbons (Fsp3) is 0.833. The minimum absolute atomic E-state index is 0.0706. The van der Waals surface area contributed by atoms with Crippen LogP contribution in [0.3, 0.4) is 0 Å². The summed E-state index contributed by atoms with van der Waals surface area (Å²) in [6.07, 6.45) is 2.40. The van der Waals surface area contributed by atoms with Gasteiger partial charge in [0, 0.05) is 13.1 Å². The van der Waals surface area contributed by atoms with Crippen molar-refractivity contribution in [2.45, 2.75) is 26.7 Å². The van der Waals surface area contributed by atoms with Crippen LogP contribution in [0.15, 0.2) is 0 Å². The maximum atomic E-state index is 11.6. The maximum Gasteiger partial charge on any atom is 0.317 e. The quantitative estimate of drug-likeness (QED) is 0.652. The number of hydrogen-bond donors (Lipinski definition) is 2. The van der Waals surface area contributed by atoms with Crippen LogP contribution in [0, 0.1) is 11.8 Å². The lowest BCUT2D eigenvalue weighted by Gasteiger charge is -2.21. The standard InChI is InChI=1S/C12H22N2O3/c1-9(2)6-14(8-12(16)17)7-11(15)13-5-10-3-4-10/h9-10H,3-8H2,1-2H3,(H,13,15)(H,16,17). The van der Waals surface area contributed by atoms with Gasteiger partial charge in [-0.15, -0.1) is 0 Å². The van der Waals surface area contributed by atoms with Crippen LogP contribution < -0.4 is 5.32 Å². The third kappa shape index (κ3) is 6.94. The molecule has 0 aliphatic heterocycles. The number of carboxylic acids is 1. The van der Waals surface area contributed by atoms with Crippen molar-refractivity contribution in [1.29, 1.82) is 0 Å². The molecule has 1 aliphatic rings. The first kappa shape index (κ1) is 14.0. The predicted octanol–water partition coefficient (Wildman–Crippen LogP) is 0.555. The monoisotopic (exact) mass is 242 g/mol. The summed E-state index contributed by atoms with van der Waals surface area (Å²) in [5.41, 5.74) is 0. The summed E-state index contributed by atoms with van der Waals surface area (Å²) in [5.74, 6) is 0.0435. The van der Waals surface area contributed by atoms with E-state index in [4.69, 9.17) is 5.11 Å². The highest BCUT2D eigenvalue weighted by Gasteiger charge is 2.22. The first-order chi connectivity index (χ1) is 7.97. The van der Waals surface area contributed by atoms with Gasteiger partial charge in [0.05, 0.1) is 13.1 Å². The van der Waals surface area contributed by atoms with Crippen molar-refractivity contribution in [2.24, 2.45) is 11.8 Å². The molecule has 0 radical (unpaired) electrons. The van der Waals surface area contributed by atoms with Crippen molar-refractivity contribution in [3.8, 4) is 0 Å². The molecule has 0 atom stereocenters. The van der Waals surface area contributed by atoms with Gasteiger partial charge in [-0.3, -0.25) is 14.5 Å². The molecule has 1 saturated carbocycles. The van der Waals surface area contributed by atoms with E-state index in [-0.39, 0.29) is 19.0 Å². The van der Waals surface area contributed by atoms with E-state index in [1.165, 1.54) is 12.8 Å². The lowest BCUT2D eigenvalue weighted by molar-refractivity contribution is -0.138. The van der Waals surface area contributed by atoms with Crippen LogP contribution in [0.4, 0.5) is 0 Å². The Bertz CT molecular complexity index is 275. The molecule has 0 aromatic rings. The van der Waals surface area contributed by atoms with Crippen molar-refractivity contribution in [2.75, 3.05) is 26.2 Å². The molecule has 17 heavy (non-hydrogen) atoms. The lowest BCUT2D eigenvalue weighted by atomic mass is 10.2. The zero-order chi connectivity index (χ0) is 12.8. The number of hydrogen-bond acceptors (Lipinski definition) is 3. The molecule has 2 N–H and O–H groups in total. The number of carbonyl (C=O) groups excluding carboxylic acids is 1. The molecule has 0 saturated heterocycles. The second-order valence-corrected chi connectivity index (χ2v) is 5.20. The van der Waals surface area contributed by atoms with Crippen LogP contribution in [0.1, 0.15) is 26.7 Å². The van der Waals surface area contributed by atoms with Crippen LogP contribution in [0.25, 0.3) is 0 Å². The summed E-state index contributed by atoms with van der Waals surface area (Å²) >= 11 is 0. The zero-order valence-electron chi connectivity index (χ0n) is 10.6. The molecule has 0 spiro atoms. The van der Waals surface area contributed by atoms with Gasteiger partial charge in [-0.05, 0) is 24.7 Å². The highest BCUT2D eigenvalue weighted by Crippen LogP contribution is 2.27. The number of aliphatic carboxylic acids is 1. The average molecular weight is 242 g/mol. The van der Waals surface area contributed by atoms with Crippen molar-refractivity contribution in [1.82, 2.24) is 10.2 Å². The van der Waals surface area contributed by atoms with Crippen LogP contribution in [-0.4, -0.2) is 48.1 Å². The Labute approximate surface area is 102 Å². The number of carbonyl (C=O) groups is 2. The summed E-state index contributed by atoms with van der Waals surface area (Å²) in [4.78, 5) is 24.0. The first-order valence-electron chi connectivity index (χ1n) is 6.18. The van der Waals surface area contributed by atoms with Crippen LogP contribution in [0.5, 0.6) is 0 Å². The van der Waals surface area contributed by atoms with Gasteiger partial charge in [0.2, 0.25) is 5.91 Å². The minimum Gasteiger partial charge on any atom is -0.480 e. The Morgan fingerprint density at radius 3 is 2.47 bits per heavy atom. The Balaban J connectivity index is 2.28. The predicted molar refractivity (Wildman–Crippen MR) is 64.6 cm³/mol. The van der Waals surface area contributed by atoms with Gasteiger partial charge in [0.1, 0.15) is 0 Å². The summed E-state index contributed by atoms with van der Waals surface area (Å²) < 4.78 is 0. The Kier molecular flexibility index (Phi) is 5.41. The Morgan fingerprint density at radius 2 is 2.00 bits per heavy atom. The molecule has 5 nitrogen and oxygen atoms in total. The van der Waals surface area contributed by atoms with Gasteiger partial charge in [-0.2, -0.15) is 0 Å². The normalized spacial score (nSPS) is 15.3. The average Bonchev–Trinajstić information content (AvgIpc) is 2.95. The number of nitrogens with one attached hydrogen (secondary N) is 1. The molecular weight excluding hydrogens is 220 g/mol. The number of carboxylic acid groups (broad SMARTS) is 1. The Hall–Kier alpha value is -1.10. The summed E-state index contributed by atoms with van der Waals surface area (Å²) in [5, 5.41) is 11.6. The molecule has 5 heteroatoms. The zero-order valence-corrected chi connectivity index (χ0v) is 10.6. The van der Waals surface area contributed by atoms with E-state index < -0.39 is 5.97 Å². The highest BCUT2D eigenvalue weighted by atomic mass is 16.4. The molecule has 98 valence electrons. The Morgan fingerprint density at radius 1 is 1.35 bits per heavy atom. The molecular formula is C12H22N2O3. The highest BCUT2D eigenvalue weighted by molar-refractivity contribution is 5.79. The topological polar surface area (TPSA) is 69.6 Å². The molecule has 1 aliphatic carbocycles. The lowest BCUT2D eigenvalue weighted by Crippen LogP contribution is -2.41. The SMILES string of the molecule is CC(C)CN(CC(=O)O)CC(=O)NCC1CC1. The van der Waals surface area contributed by atoms with Gasteiger partial charge < -0.3 is 10.4 Å². The number of amides is 1. The van der Waals surface area contributed by atoms with Crippen LogP contribution >= 0.6 is 0 Å². The fourth-order valence-corrected chi connectivity index (χ4v) is 1.73. The maximum absolute atomic E-state index is 11.6. The molecule has 0 heterocycles. The van der Waals surface area contributed by atoms with E-state index in [1.54, 1.807) is 4.90 Å². The van der Waals surface area contributed by atoms with E-state index in [0.29, 0.717) is 18.4 Å². The van der Waals surface area contributed by atoms with Crippen molar-refractivity contribution >= 4 is 11.9 Å². The van der Waals surface area contributed by atoms with E-state index >= 15 is 0 Å². The smallest absolute Gasteiger partial charge is 0.317 e. The summed E-state index contributed by atoms with van der Waals surface area (Å²) in [7, 11) is 0. The van der Waals surface area contributed by atoms with Crippen molar-refractivity contribution < 1.29 is 14.7 Å². The molecule has 1 fully saturated rings. The molecule has 0 aromatic heterocycles. The summed E-state index contributed by atoms with van der Waals surface area (Å²) in [6.45, 7) is 5.49. The second kappa shape index (κ2) is 6.59. The summed E-state index contributed by atoms with van der Waals surface area (Å²) in [6, 6.07) is 0. The first-order valence-corrected chi connectivity index (χ1v) is 6.18. The van der Waals surface area contributed by atoms with Crippen molar-refractivity contribution in [3.05, 3.63) is 0 Å². The van der Waals surface area contributed by atoms with Crippen LogP contribution in [-0.2, 0) is 9.59 Å². The molecule has 1 amide bonds. The fourth-order valence-electron chi connectivity index (χ4n) is 1.73. The molecule has 0 aromatic carbocycles. The number of rotatable bonds is 8. The van der Waals surface area contributed by atoms with E-state index in [2.05, 4.69) is 5.32 Å². The van der Waals surface area contributed by atoms with E-state index in [1.807, 2.05) is 13.8 Å². The third-order valence-electron chi connectivity index (χ3n) is 2.63. The largest absolute Gasteiger partial charge is 0.480 e. The van der Waals surface area contributed by atoms with E-state index in [9.17, 15) is 9.59 Å². The molecule has 1 rings (SSSR count). The van der Waals surface area contributed by atoms with Gasteiger partial charge in [0.25, 0.3) is 0 Å². The van der Waals surface area contributed by atoms with Gasteiger partial charge in [-0.25, -0.2) is 0 Å². The molecule has 0 unspecified atom stereocenters. The third-order valence-corrected chi connectivity index (χ3v) is 2.63. The minimum atomic E-state index is -0.888. The van der Waals surface area contributed by atoms with Crippen molar-refractivity contribution in [3.63, 3.8) is 0 Å². The number of nitrogens with zero attached hydrogens (tertiary/aromatic N) is 1. The van der Waals surface area contributed by atoms with Crippen LogP contribution in [0.2, 0.25) is 0 Å². The van der Waals surface area contributed by atoms with Gasteiger partial charge in [0.15, 0.2) is 0 Å².